The molecule has 2 rings (SSSR count). The van der Waals surface area contributed by atoms with Crippen molar-refractivity contribution in [1.82, 2.24) is 10.4 Å². The standard InChI is InChI=1S/C19H20Cl3N3O2S/c1-19(2,3)25(17(26)11-7-13(21)9-14(22)8-11)24-18(27)23-15-10-12(20)5-6-16(15)28-4/h5-10H,1-4H3,(H2,23,24,27). The molecule has 28 heavy (non-hydrogen) atoms. The molecule has 0 spiro atoms. The van der Waals surface area contributed by atoms with Crippen molar-refractivity contribution in [3.05, 3.63) is 57.0 Å². The smallest absolute Gasteiger partial charge is 0.305 e. The van der Waals surface area contributed by atoms with Gasteiger partial charge in [-0.2, -0.15) is 0 Å². The van der Waals surface area contributed by atoms with Gasteiger partial charge in [-0.05, 0) is 63.4 Å². The maximum absolute atomic E-state index is 13.0. The summed E-state index contributed by atoms with van der Waals surface area (Å²) < 4.78 is 0. The second kappa shape index (κ2) is 9.27. The Labute approximate surface area is 183 Å². The molecule has 0 heterocycles. The molecule has 2 aromatic rings. The highest BCUT2D eigenvalue weighted by Gasteiger charge is 2.30. The van der Waals surface area contributed by atoms with E-state index in [1.54, 1.807) is 32.9 Å². The fourth-order valence-corrected chi connectivity index (χ4v) is 3.59. The highest BCUT2D eigenvalue weighted by Crippen LogP contribution is 2.28. The highest BCUT2D eigenvalue weighted by molar-refractivity contribution is 7.98. The minimum absolute atomic E-state index is 0.264. The maximum Gasteiger partial charge on any atom is 0.338 e. The van der Waals surface area contributed by atoms with Crippen molar-refractivity contribution in [3.63, 3.8) is 0 Å². The van der Waals surface area contributed by atoms with Gasteiger partial charge in [0.25, 0.3) is 5.91 Å². The Hall–Kier alpha value is -1.60. The van der Waals surface area contributed by atoms with Crippen molar-refractivity contribution in [3.8, 4) is 0 Å². The molecule has 150 valence electrons. The number of rotatable bonds is 3. The number of benzene rings is 2. The van der Waals surface area contributed by atoms with Crippen molar-refractivity contribution >= 4 is 64.2 Å². The molecule has 2 N–H and O–H groups in total. The maximum atomic E-state index is 13.0. The van der Waals surface area contributed by atoms with Crippen LogP contribution in [0.15, 0.2) is 41.3 Å². The van der Waals surface area contributed by atoms with Crippen LogP contribution in [0.2, 0.25) is 15.1 Å². The van der Waals surface area contributed by atoms with Crippen LogP contribution in [0.25, 0.3) is 0 Å². The van der Waals surface area contributed by atoms with E-state index in [0.717, 1.165) is 4.90 Å². The van der Waals surface area contributed by atoms with Gasteiger partial charge in [0.2, 0.25) is 0 Å². The van der Waals surface area contributed by atoms with Crippen molar-refractivity contribution in [2.24, 2.45) is 0 Å². The summed E-state index contributed by atoms with van der Waals surface area (Å²) >= 11 is 19.5. The van der Waals surface area contributed by atoms with Crippen LogP contribution in [0.3, 0.4) is 0 Å². The van der Waals surface area contributed by atoms with Gasteiger partial charge in [0.05, 0.1) is 11.2 Å². The number of carbonyl (C=O) groups excluding carboxylic acids is 2. The van der Waals surface area contributed by atoms with Crippen LogP contribution in [-0.2, 0) is 0 Å². The Balaban J connectivity index is 2.26. The van der Waals surface area contributed by atoms with Gasteiger partial charge in [0.1, 0.15) is 0 Å². The molecule has 9 heteroatoms. The molecule has 0 aliphatic carbocycles. The number of anilines is 1. The van der Waals surface area contributed by atoms with Crippen LogP contribution >= 0.6 is 46.6 Å². The largest absolute Gasteiger partial charge is 0.338 e. The monoisotopic (exact) mass is 459 g/mol. The van der Waals surface area contributed by atoms with Crippen LogP contribution in [-0.4, -0.2) is 28.7 Å². The van der Waals surface area contributed by atoms with E-state index in [2.05, 4.69) is 10.7 Å². The molecule has 0 aliphatic rings. The summed E-state index contributed by atoms with van der Waals surface area (Å²) in [4.78, 5) is 26.4. The first-order valence-corrected chi connectivity index (χ1v) is 10.6. The first kappa shape index (κ1) is 22.7. The van der Waals surface area contributed by atoms with Gasteiger partial charge in [-0.3, -0.25) is 4.79 Å². The number of hydrogen-bond acceptors (Lipinski definition) is 3. The summed E-state index contributed by atoms with van der Waals surface area (Å²) in [5.41, 5.74) is 2.71. The molecule has 3 amide bonds. The number of nitrogens with zero attached hydrogens (tertiary/aromatic N) is 1. The van der Waals surface area contributed by atoms with E-state index in [-0.39, 0.29) is 5.56 Å². The number of urea groups is 1. The topological polar surface area (TPSA) is 61.4 Å². The first-order valence-electron chi connectivity index (χ1n) is 8.23. The molecule has 0 fully saturated rings. The number of nitrogens with one attached hydrogen (secondary N) is 2. The van der Waals surface area contributed by atoms with Gasteiger partial charge in [-0.1, -0.05) is 34.8 Å². The number of hydrogen-bond donors (Lipinski definition) is 2. The third-order valence-electron chi connectivity index (χ3n) is 3.61. The van der Waals surface area contributed by atoms with Crippen LogP contribution in [0.1, 0.15) is 31.1 Å². The number of halogens is 3. The average molecular weight is 461 g/mol. The molecule has 2 aromatic carbocycles. The van der Waals surface area contributed by atoms with Gasteiger partial charge in [0.15, 0.2) is 0 Å². The quantitative estimate of drug-likeness (QED) is 0.414. The van der Waals surface area contributed by atoms with E-state index in [0.29, 0.717) is 20.8 Å². The summed E-state index contributed by atoms with van der Waals surface area (Å²) in [6.45, 7) is 5.39. The van der Waals surface area contributed by atoms with E-state index in [4.69, 9.17) is 34.8 Å². The molecule has 0 saturated heterocycles. The molecule has 0 bridgehead atoms. The van der Waals surface area contributed by atoms with E-state index in [1.165, 1.54) is 35.0 Å². The fourth-order valence-electron chi connectivity index (χ4n) is 2.36. The van der Waals surface area contributed by atoms with Crippen LogP contribution in [0, 0.1) is 0 Å². The molecule has 0 unspecified atom stereocenters. The molecule has 0 atom stereocenters. The van der Waals surface area contributed by atoms with E-state index >= 15 is 0 Å². The molecular formula is C19H20Cl3N3O2S. The van der Waals surface area contributed by atoms with E-state index < -0.39 is 17.5 Å². The SMILES string of the molecule is CSc1ccc(Cl)cc1NC(=O)NN(C(=O)c1cc(Cl)cc(Cl)c1)C(C)(C)C. The lowest BCUT2D eigenvalue weighted by atomic mass is 10.1. The second-order valence-corrected chi connectivity index (χ2v) is 9.04. The molecule has 0 radical (unpaired) electrons. The van der Waals surface area contributed by atoms with Gasteiger partial charge in [0, 0.05) is 25.5 Å². The Morgan fingerprint density at radius 3 is 2.11 bits per heavy atom. The van der Waals surface area contributed by atoms with Crippen molar-refractivity contribution < 1.29 is 9.59 Å². The zero-order chi connectivity index (χ0) is 21.1. The summed E-state index contributed by atoms with van der Waals surface area (Å²) in [7, 11) is 0. The number of hydrazine groups is 1. The van der Waals surface area contributed by atoms with E-state index in [9.17, 15) is 9.59 Å². The molecule has 0 aromatic heterocycles. The minimum atomic E-state index is -0.708. The minimum Gasteiger partial charge on any atom is -0.305 e. The zero-order valence-electron chi connectivity index (χ0n) is 15.8. The summed E-state index contributed by atoms with van der Waals surface area (Å²) in [6.07, 6.45) is 1.89. The van der Waals surface area contributed by atoms with Gasteiger partial charge >= 0.3 is 6.03 Å². The third kappa shape index (κ3) is 5.95. The van der Waals surface area contributed by atoms with Gasteiger partial charge in [-0.15, -0.1) is 11.8 Å². The van der Waals surface area contributed by atoms with Crippen molar-refractivity contribution in [2.45, 2.75) is 31.2 Å². The van der Waals surface area contributed by atoms with Crippen LogP contribution in [0.5, 0.6) is 0 Å². The molecule has 0 aliphatic heterocycles. The fraction of sp³-hybridized carbons (Fsp3) is 0.263. The van der Waals surface area contributed by atoms with Gasteiger partial charge in [-0.25, -0.2) is 15.2 Å². The number of amides is 3. The summed E-state index contributed by atoms with van der Waals surface area (Å²) in [6, 6.07) is 9.15. The Morgan fingerprint density at radius 2 is 1.57 bits per heavy atom. The third-order valence-corrected chi connectivity index (χ3v) is 5.07. The Morgan fingerprint density at radius 1 is 0.964 bits per heavy atom. The molecular weight excluding hydrogens is 441 g/mol. The first-order chi connectivity index (χ1) is 13.0. The second-order valence-electron chi connectivity index (χ2n) is 6.88. The predicted octanol–water partition coefficient (Wildman–Crippen LogP) is 6.35. The van der Waals surface area contributed by atoms with Crippen molar-refractivity contribution in [2.75, 3.05) is 11.6 Å². The zero-order valence-corrected chi connectivity index (χ0v) is 18.9. The Bertz CT molecular complexity index is 880. The lowest BCUT2D eigenvalue weighted by molar-refractivity contribution is 0.0460. The average Bonchev–Trinajstić information content (AvgIpc) is 2.57. The van der Waals surface area contributed by atoms with E-state index in [1.807, 2.05) is 12.3 Å². The normalized spacial score (nSPS) is 11.1. The number of carbonyl (C=O) groups is 2. The molecule has 0 saturated carbocycles. The summed E-state index contributed by atoms with van der Waals surface area (Å²) in [5.74, 6) is -0.441. The number of thioether (sulfide) groups is 1. The lowest BCUT2D eigenvalue weighted by Gasteiger charge is -2.35. The lowest BCUT2D eigenvalue weighted by Crippen LogP contribution is -2.56. The van der Waals surface area contributed by atoms with Crippen LogP contribution in [0.4, 0.5) is 10.5 Å². The Kier molecular flexibility index (Phi) is 7.51. The van der Waals surface area contributed by atoms with Crippen LogP contribution < -0.4 is 10.7 Å². The van der Waals surface area contributed by atoms with Crippen molar-refractivity contribution in [1.29, 1.82) is 0 Å². The molecule has 5 nitrogen and oxygen atoms in total. The highest BCUT2D eigenvalue weighted by atomic mass is 35.5. The van der Waals surface area contributed by atoms with Gasteiger partial charge < -0.3 is 5.32 Å². The predicted molar refractivity (Wildman–Crippen MR) is 118 cm³/mol. The summed E-state index contributed by atoms with van der Waals surface area (Å²) in [5, 5.41) is 5.12.